The summed E-state index contributed by atoms with van der Waals surface area (Å²) >= 11 is 0. The number of hydrogen-bond acceptors (Lipinski definition) is 3. The molecule has 4 nitrogen and oxygen atoms in total. The molecule has 0 aromatic rings. The van der Waals surface area contributed by atoms with Crippen molar-refractivity contribution in [1.29, 1.82) is 0 Å². The molecule has 2 unspecified atom stereocenters. The van der Waals surface area contributed by atoms with Gasteiger partial charge in [0.25, 0.3) is 0 Å². The minimum absolute atomic E-state index is 0.00904. The summed E-state index contributed by atoms with van der Waals surface area (Å²) in [5.74, 6) is 0.162. The molecular weight excluding hydrogens is 218 g/mol. The zero-order valence-corrected chi connectivity index (χ0v) is 10.6. The summed E-state index contributed by atoms with van der Waals surface area (Å²) in [4.78, 5) is 25.7. The summed E-state index contributed by atoms with van der Waals surface area (Å²) in [7, 11) is 0. The van der Waals surface area contributed by atoms with Gasteiger partial charge in [-0.3, -0.25) is 14.5 Å². The molecule has 0 aromatic carbocycles. The number of imide groups is 1. The summed E-state index contributed by atoms with van der Waals surface area (Å²) in [6.07, 6.45) is 3.10. The predicted octanol–water partition coefficient (Wildman–Crippen LogP) is 1.18. The Morgan fingerprint density at radius 3 is 2.24 bits per heavy atom. The Morgan fingerprint density at radius 2 is 1.76 bits per heavy atom. The maximum absolute atomic E-state index is 12.1. The van der Waals surface area contributed by atoms with Gasteiger partial charge in [-0.1, -0.05) is 13.8 Å². The van der Waals surface area contributed by atoms with Crippen molar-refractivity contribution in [1.82, 2.24) is 4.90 Å². The fourth-order valence-electron chi connectivity index (χ4n) is 2.95. The van der Waals surface area contributed by atoms with Crippen LogP contribution in [0.3, 0.4) is 0 Å². The number of aliphatic hydroxyl groups is 1. The number of aliphatic hydroxyl groups excluding tert-OH is 1. The van der Waals surface area contributed by atoms with Gasteiger partial charge in [-0.2, -0.15) is 0 Å². The van der Waals surface area contributed by atoms with Crippen LogP contribution in [0.5, 0.6) is 0 Å². The SMILES string of the molecule is CC(C)(CCO)CN1C(=O)C2CCC(C2)C1=O. The third kappa shape index (κ3) is 2.37. The number of carbonyl (C=O) groups is 2. The third-order valence-electron chi connectivity index (χ3n) is 4.04. The summed E-state index contributed by atoms with van der Waals surface area (Å²) in [6.45, 7) is 4.51. The van der Waals surface area contributed by atoms with E-state index in [-0.39, 0.29) is 35.7 Å². The Kier molecular flexibility index (Phi) is 3.25. The maximum atomic E-state index is 12.1. The first kappa shape index (κ1) is 12.6. The van der Waals surface area contributed by atoms with Crippen molar-refractivity contribution in [3.8, 4) is 0 Å². The average Bonchev–Trinajstić information content (AvgIpc) is 2.68. The van der Waals surface area contributed by atoms with Crippen molar-refractivity contribution >= 4 is 11.8 Å². The Labute approximate surface area is 102 Å². The first-order chi connectivity index (χ1) is 7.94. The molecule has 1 saturated carbocycles. The molecule has 17 heavy (non-hydrogen) atoms. The van der Waals surface area contributed by atoms with Crippen molar-refractivity contribution < 1.29 is 14.7 Å². The van der Waals surface area contributed by atoms with Crippen LogP contribution in [0.4, 0.5) is 0 Å². The lowest BCUT2D eigenvalue weighted by Crippen LogP contribution is -2.50. The van der Waals surface area contributed by atoms with Gasteiger partial charge in [-0.05, 0) is 31.1 Å². The molecule has 2 amide bonds. The van der Waals surface area contributed by atoms with Gasteiger partial charge in [0.15, 0.2) is 0 Å². The molecule has 4 heteroatoms. The quantitative estimate of drug-likeness (QED) is 0.749. The van der Waals surface area contributed by atoms with E-state index in [0.717, 1.165) is 19.3 Å². The summed E-state index contributed by atoms with van der Waals surface area (Å²) in [5, 5.41) is 8.99. The molecule has 0 radical (unpaired) electrons. The van der Waals surface area contributed by atoms with E-state index in [2.05, 4.69) is 0 Å². The normalized spacial score (nSPS) is 29.0. The average molecular weight is 239 g/mol. The molecule has 1 heterocycles. The fraction of sp³-hybridized carbons (Fsp3) is 0.846. The van der Waals surface area contributed by atoms with E-state index in [1.807, 2.05) is 13.8 Å². The molecular formula is C13H21NO3. The van der Waals surface area contributed by atoms with E-state index in [1.165, 1.54) is 4.90 Å². The van der Waals surface area contributed by atoms with E-state index in [4.69, 9.17) is 5.11 Å². The first-order valence-corrected chi connectivity index (χ1v) is 6.41. The monoisotopic (exact) mass is 239 g/mol. The molecule has 1 aliphatic heterocycles. The van der Waals surface area contributed by atoms with Crippen molar-refractivity contribution in [2.75, 3.05) is 13.2 Å². The van der Waals surface area contributed by atoms with Crippen LogP contribution in [0.2, 0.25) is 0 Å². The minimum atomic E-state index is -0.198. The zero-order chi connectivity index (χ0) is 12.6. The molecule has 0 aromatic heterocycles. The van der Waals surface area contributed by atoms with Crippen LogP contribution >= 0.6 is 0 Å². The lowest BCUT2D eigenvalue weighted by molar-refractivity contribution is -0.154. The zero-order valence-electron chi connectivity index (χ0n) is 10.6. The summed E-state index contributed by atoms with van der Waals surface area (Å²) in [5.41, 5.74) is -0.198. The van der Waals surface area contributed by atoms with Gasteiger partial charge >= 0.3 is 0 Å². The number of fused-ring (bicyclic) bond motifs is 2. The van der Waals surface area contributed by atoms with Crippen LogP contribution < -0.4 is 0 Å². The fourth-order valence-corrected chi connectivity index (χ4v) is 2.95. The number of likely N-dealkylation sites (tertiary alicyclic amines) is 1. The Morgan fingerprint density at radius 1 is 1.24 bits per heavy atom. The van der Waals surface area contributed by atoms with Crippen molar-refractivity contribution in [3.05, 3.63) is 0 Å². The van der Waals surface area contributed by atoms with Crippen molar-refractivity contribution in [2.45, 2.75) is 39.5 Å². The largest absolute Gasteiger partial charge is 0.396 e. The second kappa shape index (κ2) is 4.41. The summed E-state index contributed by atoms with van der Waals surface area (Å²) in [6, 6.07) is 0. The Hall–Kier alpha value is -0.900. The lowest BCUT2D eigenvalue weighted by atomic mass is 9.87. The van der Waals surface area contributed by atoms with Crippen molar-refractivity contribution in [3.63, 3.8) is 0 Å². The molecule has 1 saturated heterocycles. The van der Waals surface area contributed by atoms with Crippen molar-refractivity contribution in [2.24, 2.45) is 17.3 Å². The molecule has 0 spiro atoms. The van der Waals surface area contributed by atoms with Crippen LogP contribution in [-0.2, 0) is 9.59 Å². The maximum Gasteiger partial charge on any atom is 0.232 e. The molecule has 96 valence electrons. The van der Waals surface area contributed by atoms with Gasteiger partial charge in [0.2, 0.25) is 11.8 Å². The number of piperidine rings is 1. The van der Waals surface area contributed by atoms with Crippen LogP contribution in [0.1, 0.15) is 39.5 Å². The van der Waals surface area contributed by atoms with Gasteiger partial charge < -0.3 is 5.11 Å². The van der Waals surface area contributed by atoms with E-state index in [9.17, 15) is 9.59 Å². The van der Waals surface area contributed by atoms with E-state index >= 15 is 0 Å². The third-order valence-corrected chi connectivity index (χ3v) is 4.04. The number of nitrogens with zero attached hydrogens (tertiary/aromatic N) is 1. The lowest BCUT2D eigenvalue weighted by Gasteiger charge is -2.35. The molecule has 2 atom stereocenters. The number of carbonyl (C=O) groups excluding carboxylic acids is 2. The second-order valence-corrected chi connectivity index (χ2v) is 6.11. The van der Waals surface area contributed by atoms with Gasteiger partial charge in [0, 0.05) is 25.0 Å². The highest BCUT2D eigenvalue weighted by Gasteiger charge is 2.46. The van der Waals surface area contributed by atoms with E-state index in [0.29, 0.717) is 13.0 Å². The standard InChI is InChI=1S/C13H21NO3/c1-13(2,5-6-15)8-14-11(16)9-3-4-10(7-9)12(14)17/h9-10,15H,3-8H2,1-2H3. The molecule has 2 bridgehead atoms. The minimum Gasteiger partial charge on any atom is -0.396 e. The second-order valence-electron chi connectivity index (χ2n) is 6.11. The van der Waals surface area contributed by atoms with E-state index in [1.54, 1.807) is 0 Å². The highest BCUT2D eigenvalue weighted by atomic mass is 16.3. The smallest absolute Gasteiger partial charge is 0.232 e. The summed E-state index contributed by atoms with van der Waals surface area (Å²) < 4.78 is 0. The topological polar surface area (TPSA) is 57.6 Å². The Balaban J connectivity index is 2.10. The van der Waals surface area contributed by atoms with Crippen LogP contribution in [-0.4, -0.2) is 35.0 Å². The molecule has 2 rings (SSSR count). The molecule has 2 fully saturated rings. The van der Waals surface area contributed by atoms with Gasteiger partial charge in [-0.25, -0.2) is 0 Å². The van der Waals surface area contributed by atoms with Gasteiger partial charge in [0.05, 0.1) is 0 Å². The Bertz CT molecular complexity index is 316. The van der Waals surface area contributed by atoms with Crippen LogP contribution in [0, 0.1) is 17.3 Å². The van der Waals surface area contributed by atoms with Gasteiger partial charge in [0.1, 0.15) is 0 Å². The highest BCUT2D eigenvalue weighted by molar-refractivity contribution is 6.00. The first-order valence-electron chi connectivity index (χ1n) is 6.41. The molecule has 2 aliphatic rings. The number of hydrogen-bond donors (Lipinski definition) is 1. The molecule has 1 N–H and O–H groups in total. The van der Waals surface area contributed by atoms with Crippen LogP contribution in [0.15, 0.2) is 0 Å². The van der Waals surface area contributed by atoms with Crippen LogP contribution in [0.25, 0.3) is 0 Å². The molecule has 1 aliphatic carbocycles. The van der Waals surface area contributed by atoms with Gasteiger partial charge in [-0.15, -0.1) is 0 Å². The predicted molar refractivity (Wildman–Crippen MR) is 63.0 cm³/mol. The number of amides is 2. The number of rotatable bonds is 4. The highest BCUT2D eigenvalue weighted by Crippen LogP contribution is 2.39. The van der Waals surface area contributed by atoms with E-state index < -0.39 is 0 Å².